The molecule has 0 aromatic heterocycles. The van der Waals surface area contributed by atoms with E-state index in [0.717, 1.165) is 0 Å². The Morgan fingerprint density at radius 1 is 1.00 bits per heavy atom. The fraction of sp³-hybridized carbons (Fsp3) is 0.538. The van der Waals surface area contributed by atoms with Crippen LogP contribution in [0.2, 0.25) is 0 Å². The Morgan fingerprint density at radius 2 is 1.50 bits per heavy atom. The van der Waals surface area contributed by atoms with Gasteiger partial charge in [0.15, 0.2) is 0 Å². The van der Waals surface area contributed by atoms with Crippen LogP contribution in [0.3, 0.4) is 0 Å². The van der Waals surface area contributed by atoms with Gasteiger partial charge in [-0.1, -0.05) is 26.0 Å². The van der Waals surface area contributed by atoms with Gasteiger partial charge in [0.05, 0.1) is 23.8 Å². The number of rotatable bonds is 2. The van der Waals surface area contributed by atoms with E-state index >= 15 is 0 Å². The van der Waals surface area contributed by atoms with Crippen LogP contribution in [0.15, 0.2) is 18.2 Å². The second kappa shape index (κ2) is 5.77. The molecule has 1 atom stereocenters. The molecule has 1 aromatic rings. The highest BCUT2D eigenvalue weighted by Gasteiger charge is 2.41. The molecule has 1 aliphatic rings. The molecule has 0 amide bonds. The van der Waals surface area contributed by atoms with Gasteiger partial charge in [-0.15, -0.1) is 0 Å². The highest BCUT2D eigenvalue weighted by Crippen LogP contribution is 2.35. The van der Waals surface area contributed by atoms with Crippen LogP contribution in [0.5, 0.6) is 0 Å². The van der Waals surface area contributed by atoms with Gasteiger partial charge in [0.2, 0.25) is 0 Å². The Labute approximate surface area is 123 Å². The van der Waals surface area contributed by atoms with E-state index in [-0.39, 0.29) is 30.2 Å². The molecule has 0 radical (unpaired) electrons. The maximum atomic E-state index is 12.8. The monoisotopic (exact) mass is 326 g/mol. The van der Waals surface area contributed by atoms with E-state index in [9.17, 15) is 26.3 Å². The van der Waals surface area contributed by atoms with Crippen molar-refractivity contribution >= 4 is 12.6 Å². The zero-order chi connectivity index (χ0) is 16.7. The standard InChI is InChI=1S/C13H13BF6O2/c1-7(2)11-6-21-14(22-11)10-4-8(12(15,16)17)3-9(5-10)13(18,19)20/h3-5,7,11H,6H2,1-2H3. The average Bonchev–Trinajstić information content (AvgIpc) is 2.85. The van der Waals surface area contributed by atoms with Crippen molar-refractivity contribution < 1.29 is 35.7 Å². The van der Waals surface area contributed by atoms with Gasteiger partial charge in [-0.3, -0.25) is 0 Å². The fourth-order valence-electron chi connectivity index (χ4n) is 2.06. The zero-order valence-electron chi connectivity index (χ0n) is 11.8. The summed E-state index contributed by atoms with van der Waals surface area (Å²) in [7, 11) is -1.23. The number of alkyl halides is 6. The first-order valence-corrected chi connectivity index (χ1v) is 6.55. The third kappa shape index (κ3) is 3.75. The van der Waals surface area contributed by atoms with Crippen molar-refractivity contribution in [1.82, 2.24) is 0 Å². The highest BCUT2D eigenvalue weighted by atomic mass is 19.4. The predicted molar refractivity (Wildman–Crippen MR) is 67.5 cm³/mol. The third-order valence-electron chi connectivity index (χ3n) is 3.34. The zero-order valence-corrected chi connectivity index (χ0v) is 11.8. The molecule has 2 rings (SSSR count). The Bertz CT molecular complexity index is 508. The number of benzene rings is 1. The highest BCUT2D eigenvalue weighted by molar-refractivity contribution is 6.61. The topological polar surface area (TPSA) is 18.5 Å². The van der Waals surface area contributed by atoms with Crippen molar-refractivity contribution in [3.8, 4) is 0 Å². The molecule has 122 valence electrons. The number of halogens is 6. The summed E-state index contributed by atoms with van der Waals surface area (Å²) in [5.74, 6) is 0.0397. The van der Waals surface area contributed by atoms with Crippen LogP contribution in [0.25, 0.3) is 0 Å². The maximum absolute atomic E-state index is 12.8. The molecule has 22 heavy (non-hydrogen) atoms. The van der Waals surface area contributed by atoms with Crippen molar-refractivity contribution in [1.29, 1.82) is 0 Å². The van der Waals surface area contributed by atoms with E-state index < -0.39 is 30.6 Å². The maximum Gasteiger partial charge on any atom is 0.494 e. The molecule has 9 heteroatoms. The van der Waals surface area contributed by atoms with Gasteiger partial charge < -0.3 is 9.31 Å². The normalized spacial score (nSPS) is 20.0. The van der Waals surface area contributed by atoms with Crippen LogP contribution in [0, 0.1) is 5.92 Å². The van der Waals surface area contributed by atoms with E-state index in [0.29, 0.717) is 12.1 Å². The SMILES string of the molecule is CC(C)C1COB(c2cc(C(F)(F)F)cc(C(F)(F)F)c2)O1. The fourth-order valence-corrected chi connectivity index (χ4v) is 2.06. The minimum absolute atomic E-state index is 0.0397. The van der Waals surface area contributed by atoms with Crippen molar-refractivity contribution in [2.24, 2.45) is 5.92 Å². The first-order chi connectivity index (χ1) is 9.98. The Balaban J connectivity index is 2.39. The Kier molecular flexibility index (Phi) is 4.50. The Morgan fingerprint density at radius 3 is 1.86 bits per heavy atom. The lowest BCUT2D eigenvalue weighted by molar-refractivity contribution is -0.142. The van der Waals surface area contributed by atoms with Crippen LogP contribution in [0.4, 0.5) is 26.3 Å². The molecular weight excluding hydrogens is 313 g/mol. The van der Waals surface area contributed by atoms with Gasteiger partial charge >= 0.3 is 19.5 Å². The van der Waals surface area contributed by atoms with Gasteiger partial charge in [0, 0.05) is 0 Å². The summed E-state index contributed by atoms with van der Waals surface area (Å²) in [6.07, 6.45) is -10.1. The van der Waals surface area contributed by atoms with Crippen LogP contribution in [-0.4, -0.2) is 19.8 Å². The summed E-state index contributed by atoms with van der Waals surface area (Å²) in [5, 5.41) is 0. The molecule has 0 N–H and O–H groups in total. The van der Waals surface area contributed by atoms with Gasteiger partial charge in [-0.2, -0.15) is 26.3 Å². The van der Waals surface area contributed by atoms with Crippen LogP contribution in [-0.2, 0) is 21.7 Å². The molecule has 1 heterocycles. The Hall–Kier alpha value is -1.22. The van der Waals surface area contributed by atoms with Gasteiger partial charge in [0.1, 0.15) is 0 Å². The molecule has 1 aliphatic heterocycles. The van der Waals surface area contributed by atoms with Crippen molar-refractivity contribution in [2.45, 2.75) is 32.3 Å². The molecule has 2 nitrogen and oxygen atoms in total. The molecule has 1 unspecified atom stereocenters. The lowest BCUT2D eigenvalue weighted by atomic mass is 9.77. The van der Waals surface area contributed by atoms with Gasteiger partial charge in [-0.25, -0.2) is 0 Å². The minimum Gasteiger partial charge on any atom is -0.405 e. The van der Waals surface area contributed by atoms with Crippen molar-refractivity contribution in [2.75, 3.05) is 6.61 Å². The average molecular weight is 326 g/mol. The first kappa shape index (κ1) is 17.1. The summed E-state index contributed by atoms with van der Waals surface area (Å²) in [6, 6.07) is 1.34. The van der Waals surface area contributed by atoms with Crippen molar-refractivity contribution in [3.05, 3.63) is 29.3 Å². The van der Waals surface area contributed by atoms with E-state index in [2.05, 4.69) is 0 Å². The van der Waals surface area contributed by atoms with Crippen molar-refractivity contribution in [3.63, 3.8) is 0 Å². The second-order valence-corrected chi connectivity index (χ2v) is 5.42. The van der Waals surface area contributed by atoms with E-state index in [1.807, 2.05) is 13.8 Å². The minimum atomic E-state index is -4.88. The van der Waals surface area contributed by atoms with Gasteiger partial charge in [-0.05, 0) is 17.4 Å². The third-order valence-corrected chi connectivity index (χ3v) is 3.34. The number of hydrogen-bond acceptors (Lipinski definition) is 2. The largest absolute Gasteiger partial charge is 0.494 e. The summed E-state index contributed by atoms with van der Waals surface area (Å²) in [5.41, 5.74) is -3.04. The molecule has 1 fully saturated rings. The lowest BCUT2D eigenvalue weighted by Gasteiger charge is -2.16. The quantitative estimate of drug-likeness (QED) is 0.612. The molecule has 0 bridgehead atoms. The molecule has 0 aliphatic carbocycles. The van der Waals surface area contributed by atoms with Crippen LogP contribution in [0.1, 0.15) is 25.0 Å². The summed E-state index contributed by atoms with van der Waals surface area (Å²) < 4.78 is 87.3. The molecule has 1 aromatic carbocycles. The molecular formula is C13H13BF6O2. The first-order valence-electron chi connectivity index (χ1n) is 6.55. The summed E-state index contributed by atoms with van der Waals surface area (Å²) >= 11 is 0. The van der Waals surface area contributed by atoms with E-state index in [4.69, 9.17) is 9.31 Å². The lowest BCUT2D eigenvalue weighted by Crippen LogP contribution is -2.35. The summed E-state index contributed by atoms with van der Waals surface area (Å²) in [6.45, 7) is 3.77. The van der Waals surface area contributed by atoms with Gasteiger partial charge in [0.25, 0.3) is 0 Å². The van der Waals surface area contributed by atoms with Crippen LogP contribution < -0.4 is 5.46 Å². The predicted octanol–water partition coefficient (Wildman–Crippen LogP) is 3.49. The summed E-state index contributed by atoms with van der Waals surface area (Å²) in [4.78, 5) is 0. The number of hydrogen-bond donors (Lipinski definition) is 0. The molecule has 0 spiro atoms. The van der Waals surface area contributed by atoms with Crippen LogP contribution >= 0.6 is 0 Å². The van der Waals surface area contributed by atoms with E-state index in [1.54, 1.807) is 0 Å². The molecule has 0 saturated carbocycles. The molecule has 1 saturated heterocycles. The second-order valence-electron chi connectivity index (χ2n) is 5.42. The smallest absolute Gasteiger partial charge is 0.405 e. The van der Waals surface area contributed by atoms with E-state index in [1.165, 1.54) is 0 Å².